The van der Waals surface area contributed by atoms with Gasteiger partial charge in [0.15, 0.2) is 0 Å². The van der Waals surface area contributed by atoms with Crippen molar-refractivity contribution in [1.82, 2.24) is 4.90 Å². The fraction of sp³-hybridized carbons (Fsp3) is 0.667. The molecule has 1 unspecified atom stereocenters. The maximum Gasteiger partial charge on any atom is 0.127 e. The summed E-state index contributed by atoms with van der Waals surface area (Å²) < 4.78 is 19.7. The van der Waals surface area contributed by atoms with E-state index in [1.807, 2.05) is 6.07 Å². The number of hydrogen-bond acceptors (Lipinski definition) is 3. The fourth-order valence-corrected chi connectivity index (χ4v) is 4.12. The van der Waals surface area contributed by atoms with E-state index in [1.54, 1.807) is 13.2 Å². The average molecular weight is 341 g/mol. The Morgan fingerprint density at radius 1 is 1.39 bits per heavy atom. The summed E-state index contributed by atoms with van der Waals surface area (Å²) in [6.07, 6.45) is 2.76. The molecular weight excluding hydrogens is 312 g/mol. The number of aliphatic hydroxyl groups is 1. The number of benzene rings is 1. The standard InChI is InChI=1S/C18H29FNO2P/c1-12(2)15-6-7-17(19)16(18(15)23)8-9-20-10-14(22-3)5-4-13(20)11-21/h6-7,12-14,21H,4-5,8-11,23H2,1-3H3/t13-,14-/m1/s1. The van der Waals surface area contributed by atoms with Gasteiger partial charge in [0.2, 0.25) is 0 Å². The summed E-state index contributed by atoms with van der Waals surface area (Å²) in [4.78, 5) is 2.24. The summed E-state index contributed by atoms with van der Waals surface area (Å²) in [5.74, 6) is 0.236. The first kappa shape index (κ1) is 18.8. The molecule has 3 atom stereocenters. The minimum Gasteiger partial charge on any atom is -0.395 e. The summed E-state index contributed by atoms with van der Waals surface area (Å²) in [6, 6.07) is 3.62. The zero-order chi connectivity index (χ0) is 17.0. The van der Waals surface area contributed by atoms with Crippen LogP contribution in [0.4, 0.5) is 4.39 Å². The number of likely N-dealkylation sites (tertiary alicyclic amines) is 1. The summed E-state index contributed by atoms with van der Waals surface area (Å²) in [7, 11) is 4.45. The van der Waals surface area contributed by atoms with Gasteiger partial charge < -0.3 is 9.84 Å². The van der Waals surface area contributed by atoms with Crippen LogP contribution in [0.5, 0.6) is 0 Å². The Balaban J connectivity index is 2.11. The van der Waals surface area contributed by atoms with Crippen LogP contribution >= 0.6 is 9.24 Å². The highest BCUT2D eigenvalue weighted by atomic mass is 31.0. The van der Waals surface area contributed by atoms with E-state index in [-0.39, 0.29) is 24.6 Å². The molecule has 0 saturated carbocycles. The van der Waals surface area contributed by atoms with Crippen LogP contribution in [0.1, 0.15) is 43.7 Å². The molecule has 23 heavy (non-hydrogen) atoms. The van der Waals surface area contributed by atoms with E-state index < -0.39 is 0 Å². The molecule has 1 heterocycles. The smallest absolute Gasteiger partial charge is 0.127 e. The van der Waals surface area contributed by atoms with E-state index in [4.69, 9.17) is 4.74 Å². The number of piperidine rings is 1. The first-order valence-corrected chi connectivity index (χ1v) is 9.00. The third-order valence-electron chi connectivity index (χ3n) is 4.93. The second-order valence-corrected chi connectivity index (χ2v) is 7.28. The Labute approximate surface area is 141 Å². The zero-order valence-electron chi connectivity index (χ0n) is 14.4. The van der Waals surface area contributed by atoms with Gasteiger partial charge in [-0.3, -0.25) is 4.90 Å². The molecule has 1 fully saturated rings. The van der Waals surface area contributed by atoms with Crippen LogP contribution in [-0.2, 0) is 11.2 Å². The first-order valence-electron chi connectivity index (χ1n) is 8.42. The van der Waals surface area contributed by atoms with Crippen LogP contribution < -0.4 is 5.30 Å². The molecule has 0 aromatic heterocycles. The third-order valence-corrected chi connectivity index (χ3v) is 5.61. The van der Waals surface area contributed by atoms with E-state index in [9.17, 15) is 9.50 Å². The molecule has 2 rings (SSSR count). The van der Waals surface area contributed by atoms with Crippen molar-refractivity contribution in [3.63, 3.8) is 0 Å². The number of rotatable bonds is 6. The van der Waals surface area contributed by atoms with Gasteiger partial charge >= 0.3 is 0 Å². The summed E-state index contributed by atoms with van der Waals surface area (Å²) in [6.45, 7) is 5.95. The number of hydrogen-bond donors (Lipinski definition) is 1. The minimum absolute atomic E-state index is 0.139. The second kappa shape index (κ2) is 8.53. The molecule has 1 aromatic rings. The largest absolute Gasteiger partial charge is 0.395 e. The molecule has 5 heteroatoms. The molecule has 3 nitrogen and oxygen atoms in total. The lowest BCUT2D eigenvalue weighted by molar-refractivity contribution is -0.00877. The quantitative estimate of drug-likeness (QED) is 0.807. The van der Waals surface area contributed by atoms with Crippen LogP contribution in [0.3, 0.4) is 0 Å². The maximum absolute atomic E-state index is 14.3. The van der Waals surface area contributed by atoms with E-state index in [1.165, 1.54) is 5.56 Å². The molecule has 0 aliphatic carbocycles. The van der Waals surface area contributed by atoms with Gasteiger partial charge in [-0.25, -0.2) is 4.39 Å². The summed E-state index contributed by atoms with van der Waals surface area (Å²) >= 11 is 0. The van der Waals surface area contributed by atoms with Gasteiger partial charge in [0, 0.05) is 26.2 Å². The van der Waals surface area contributed by atoms with Crippen molar-refractivity contribution < 1.29 is 14.2 Å². The van der Waals surface area contributed by atoms with Gasteiger partial charge in [-0.1, -0.05) is 19.9 Å². The van der Waals surface area contributed by atoms with Crippen molar-refractivity contribution >= 4 is 14.5 Å². The average Bonchev–Trinajstić information content (AvgIpc) is 2.54. The number of aliphatic hydroxyl groups excluding tert-OH is 1. The van der Waals surface area contributed by atoms with Crippen molar-refractivity contribution in [3.8, 4) is 0 Å². The van der Waals surface area contributed by atoms with Crippen molar-refractivity contribution in [3.05, 3.63) is 29.1 Å². The van der Waals surface area contributed by atoms with Gasteiger partial charge in [-0.05, 0) is 47.7 Å². The first-order chi connectivity index (χ1) is 11.0. The predicted molar refractivity (Wildman–Crippen MR) is 96.0 cm³/mol. The molecule has 0 bridgehead atoms. The van der Waals surface area contributed by atoms with Crippen molar-refractivity contribution in [2.75, 3.05) is 26.8 Å². The van der Waals surface area contributed by atoms with E-state index >= 15 is 0 Å². The van der Waals surface area contributed by atoms with Crippen LogP contribution in [0, 0.1) is 5.82 Å². The molecule has 0 radical (unpaired) electrons. The molecule has 0 amide bonds. The molecule has 1 saturated heterocycles. The maximum atomic E-state index is 14.3. The Morgan fingerprint density at radius 2 is 2.13 bits per heavy atom. The topological polar surface area (TPSA) is 32.7 Å². The van der Waals surface area contributed by atoms with Gasteiger partial charge in [0.25, 0.3) is 0 Å². The normalized spacial score (nSPS) is 22.7. The molecule has 1 aliphatic rings. The highest BCUT2D eigenvalue weighted by molar-refractivity contribution is 7.27. The Morgan fingerprint density at radius 3 is 2.74 bits per heavy atom. The molecule has 130 valence electrons. The Hall–Kier alpha value is -0.540. The fourth-order valence-electron chi connectivity index (χ4n) is 3.40. The van der Waals surface area contributed by atoms with Crippen molar-refractivity contribution in [2.24, 2.45) is 0 Å². The monoisotopic (exact) mass is 341 g/mol. The van der Waals surface area contributed by atoms with Crippen molar-refractivity contribution in [1.29, 1.82) is 0 Å². The van der Waals surface area contributed by atoms with E-state index in [0.29, 0.717) is 12.3 Å². The molecule has 1 aliphatic heterocycles. The van der Waals surface area contributed by atoms with Crippen LogP contribution in [0.2, 0.25) is 0 Å². The molecule has 1 aromatic carbocycles. The lowest BCUT2D eigenvalue weighted by atomic mass is 9.97. The second-order valence-electron chi connectivity index (χ2n) is 6.70. The van der Waals surface area contributed by atoms with E-state index in [0.717, 1.165) is 36.8 Å². The number of halogens is 1. The van der Waals surface area contributed by atoms with Gasteiger partial charge in [0.05, 0.1) is 12.7 Å². The highest BCUT2D eigenvalue weighted by Crippen LogP contribution is 2.22. The summed E-state index contributed by atoms with van der Waals surface area (Å²) in [5.41, 5.74) is 1.95. The Bertz CT molecular complexity index is 524. The van der Waals surface area contributed by atoms with Gasteiger partial charge in [0.1, 0.15) is 5.82 Å². The highest BCUT2D eigenvalue weighted by Gasteiger charge is 2.27. The number of methoxy groups -OCH3 is 1. The predicted octanol–water partition coefficient (Wildman–Crippen LogP) is 2.46. The summed E-state index contributed by atoms with van der Waals surface area (Å²) in [5, 5.41) is 10.6. The molecular formula is C18H29FNO2P. The minimum atomic E-state index is -0.139. The van der Waals surface area contributed by atoms with Gasteiger partial charge in [-0.15, -0.1) is 9.24 Å². The van der Waals surface area contributed by atoms with Crippen molar-refractivity contribution in [2.45, 2.75) is 51.2 Å². The Kier molecular flexibility index (Phi) is 6.97. The lowest BCUT2D eigenvalue weighted by Crippen LogP contribution is -2.48. The van der Waals surface area contributed by atoms with Crippen LogP contribution in [-0.4, -0.2) is 49.0 Å². The SMILES string of the molecule is CO[C@@H]1CC[C@H](CO)N(CCc2c(F)ccc(C(C)C)c2P)C1. The van der Waals surface area contributed by atoms with Gasteiger partial charge in [-0.2, -0.15) is 0 Å². The number of ether oxygens (including phenoxy) is 1. The third kappa shape index (κ3) is 4.51. The van der Waals surface area contributed by atoms with Crippen LogP contribution in [0.25, 0.3) is 0 Å². The molecule has 0 spiro atoms. The van der Waals surface area contributed by atoms with E-state index in [2.05, 4.69) is 28.0 Å². The lowest BCUT2D eigenvalue weighted by Gasteiger charge is -2.38. The van der Waals surface area contributed by atoms with Crippen LogP contribution in [0.15, 0.2) is 12.1 Å². The zero-order valence-corrected chi connectivity index (χ0v) is 15.5. The molecule has 1 N–H and O–H groups in total. The number of nitrogens with zero attached hydrogens (tertiary/aromatic N) is 1.